The maximum absolute atomic E-state index is 12.6. The van der Waals surface area contributed by atoms with Crippen molar-refractivity contribution >= 4 is 15.9 Å². The summed E-state index contributed by atoms with van der Waals surface area (Å²) in [4.78, 5) is 18.3. The largest absolute Gasteiger partial charge is 0.481 e. The third-order valence-electron chi connectivity index (χ3n) is 4.08. The zero-order chi connectivity index (χ0) is 17.6. The second-order valence-electron chi connectivity index (χ2n) is 5.80. The molecule has 1 amide bonds. The van der Waals surface area contributed by atoms with Gasteiger partial charge < -0.3 is 9.64 Å². The summed E-state index contributed by atoms with van der Waals surface area (Å²) in [6.07, 6.45) is 3.69. The Hall–Kier alpha value is -1.67. The van der Waals surface area contributed by atoms with E-state index in [1.54, 1.807) is 17.0 Å². The van der Waals surface area contributed by atoms with Crippen LogP contribution in [0.3, 0.4) is 0 Å². The van der Waals surface area contributed by atoms with Crippen LogP contribution in [0.5, 0.6) is 5.88 Å². The van der Waals surface area contributed by atoms with Gasteiger partial charge >= 0.3 is 0 Å². The number of hydrogen-bond donors (Lipinski definition) is 0. The predicted molar refractivity (Wildman–Crippen MR) is 91.6 cm³/mol. The number of nitrogens with zero attached hydrogens (tertiary/aromatic N) is 3. The van der Waals surface area contributed by atoms with Crippen LogP contribution >= 0.6 is 0 Å². The summed E-state index contributed by atoms with van der Waals surface area (Å²) in [6.45, 7) is 3.73. The van der Waals surface area contributed by atoms with Gasteiger partial charge in [0, 0.05) is 44.0 Å². The molecule has 134 valence electrons. The number of unbranched alkanes of at least 4 members (excludes halogenated alkanes) is 1. The van der Waals surface area contributed by atoms with Crippen molar-refractivity contribution in [1.82, 2.24) is 14.2 Å². The summed E-state index contributed by atoms with van der Waals surface area (Å²) < 4.78 is 31.2. The van der Waals surface area contributed by atoms with E-state index in [9.17, 15) is 13.2 Å². The SMILES string of the molecule is CCCCS(=O)(=O)N1CCCN(C(=O)c2ccnc(OC)c2)CC1. The molecule has 1 fully saturated rings. The standard InChI is InChI=1S/C16H25N3O4S/c1-3-4-12-24(21,22)19-9-5-8-18(10-11-19)16(20)14-6-7-17-15(13-14)23-2/h6-7,13H,3-5,8-12H2,1-2H3. The summed E-state index contributed by atoms with van der Waals surface area (Å²) in [5, 5.41) is 0. The molecule has 0 saturated carbocycles. The zero-order valence-electron chi connectivity index (χ0n) is 14.3. The molecule has 0 N–H and O–H groups in total. The Bertz CT molecular complexity index is 663. The van der Waals surface area contributed by atoms with Crippen LogP contribution in [0.25, 0.3) is 0 Å². The molecule has 0 bridgehead atoms. The molecule has 2 rings (SSSR count). The molecule has 8 heteroatoms. The number of amides is 1. The number of carbonyl (C=O) groups is 1. The number of carbonyl (C=O) groups excluding carboxylic acids is 1. The summed E-state index contributed by atoms with van der Waals surface area (Å²) in [5.74, 6) is 0.446. The van der Waals surface area contributed by atoms with E-state index in [-0.39, 0.29) is 11.7 Å². The lowest BCUT2D eigenvalue weighted by atomic mass is 10.2. The number of aromatic nitrogens is 1. The highest BCUT2D eigenvalue weighted by Crippen LogP contribution is 2.15. The third-order valence-corrected chi connectivity index (χ3v) is 6.04. The number of ether oxygens (including phenoxy) is 1. The predicted octanol–water partition coefficient (Wildman–Crippen LogP) is 1.37. The molecule has 0 spiro atoms. The highest BCUT2D eigenvalue weighted by Gasteiger charge is 2.26. The monoisotopic (exact) mass is 355 g/mol. The molecule has 2 heterocycles. The van der Waals surface area contributed by atoms with Crippen LogP contribution in [-0.2, 0) is 10.0 Å². The highest BCUT2D eigenvalue weighted by atomic mass is 32.2. The molecule has 1 aromatic heterocycles. The van der Waals surface area contributed by atoms with Gasteiger partial charge in [-0.2, -0.15) is 0 Å². The minimum Gasteiger partial charge on any atom is -0.481 e. The lowest BCUT2D eigenvalue weighted by Crippen LogP contribution is -2.38. The van der Waals surface area contributed by atoms with E-state index in [4.69, 9.17) is 4.74 Å². The van der Waals surface area contributed by atoms with Crippen molar-refractivity contribution in [3.05, 3.63) is 23.9 Å². The molecule has 0 aromatic carbocycles. The first-order valence-corrected chi connectivity index (χ1v) is 9.86. The van der Waals surface area contributed by atoms with E-state index in [1.165, 1.54) is 17.6 Å². The average Bonchev–Trinajstić information content (AvgIpc) is 2.86. The van der Waals surface area contributed by atoms with Gasteiger partial charge in [-0.05, 0) is 18.9 Å². The molecule has 0 atom stereocenters. The molecule has 1 saturated heterocycles. The van der Waals surface area contributed by atoms with Crippen LogP contribution < -0.4 is 4.74 Å². The molecular formula is C16H25N3O4S. The van der Waals surface area contributed by atoms with E-state index in [2.05, 4.69) is 4.98 Å². The first-order valence-electron chi connectivity index (χ1n) is 8.25. The molecule has 1 aliphatic heterocycles. The lowest BCUT2D eigenvalue weighted by Gasteiger charge is -2.22. The molecule has 7 nitrogen and oxygen atoms in total. The third kappa shape index (κ3) is 4.67. The molecule has 0 aliphatic carbocycles. The number of hydrogen-bond acceptors (Lipinski definition) is 5. The van der Waals surface area contributed by atoms with Crippen molar-refractivity contribution in [3.63, 3.8) is 0 Å². The summed E-state index contributed by atoms with van der Waals surface area (Å²) in [6, 6.07) is 3.24. The van der Waals surface area contributed by atoms with Crippen molar-refractivity contribution in [3.8, 4) is 5.88 Å². The van der Waals surface area contributed by atoms with E-state index < -0.39 is 10.0 Å². The second-order valence-corrected chi connectivity index (χ2v) is 7.89. The first-order chi connectivity index (χ1) is 11.5. The minimum absolute atomic E-state index is 0.122. The molecule has 0 unspecified atom stereocenters. The number of methoxy groups -OCH3 is 1. The van der Waals surface area contributed by atoms with Gasteiger partial charge in [0.15, 0.2) is 0 Å². The van der Waals surface area contributed by atoms with E-state index >= 15 is 0 Å². The molecule has 0 radical (unpaired) electrons. The van der Waals surface area contributed by atoms with Gasteiger partial charge in [-0.25, -0.2) is 17.7 Å². The van der Waals surface area contributed by atoms with Crippen LogP contribution in [0.1, 0.15) is 36.5 Å². The van der Waals surface area contributed by atoms with Gasteiger partial charge in [-0.3, -0.25) is 4.79 Å². The van der Waals surface area contributed by atoms with E-state index in [0.717, 1.165) is 6.42 Å². The number of pyridine rings is 1. The maximum Gasteiger partial charge on any atom is 0.254 e. The molecule has 1 aromatic rings. The van der Waals surface area contributed by atoms with Gasteiger partial charge in [-0.1, -0.05) is 13.3 Å². The summed E-state index contributed by atoms with van der Waals surface area (Å²) in [7, 11) is -1.73. The van der Waals surface area contributed by atoms with Crippen LogP contribution in [0, 0.1) is 0 Å². The Morgan fingerprint density at radius 1 is 1.29 bits per heavy atom. The number of sulfonamides is 1. The van der Waals surface area contributed by atoms with Gasteiger partial charge in [0.25, 0.3) is 5.91 Å². The zero-order valence-corrected chi connectivity index (χ0v) is 15.1. The van der Waals surface area contributed by atoms with Crippen LogP contribution in [0.2, 0.25) is 0 Å². The summed E-state index contributed by atoms with van der Waals surface area (Å²) in [5.41, 5.74) is 0.504. The van der Waals surface area contributed by atoms with Gasteiger partial charge in [0.1, 0.15) is 0 Å². The lowest BCUT2D eigenvalue weighted by molar-refractivity contribution is 0.0763. The van der Waals surface area contributed by atoms with Gasteiger partial charge in [0.05, 0.1) is 12.9 Å². The van der Waals surface area contributed by atoms with Crippen molar-refractivity contribution in [2.24, 2.45) is 0 Å². The Morgan fingerprint density at radius 3 is 2.79 bits per heavy atom. The van der Waals surface area contributed by atoms with Gasteiger partial charge in [0.2, 0.25) is 15.9 Å². The first kappa shape index (κ1) is 18.7. The summed E-state index contributed by atoms with van der Waals surface area (Å²) >= 11 is 0. The van der Waals surface area contributed by atoms with Crippen LogP contribution in [-0.4, -0.2) is 67.6 Å². The van der Waals surface area contributed by atoms with Crippen molar-refractivity contribution < 1.29 is 17.9 Å². The Labute approximate surface area is 143 Å². The quantitative estimate of drug-likeness (QED) is 0.770. The topological polar surface area (TPSA) is 79.8 Å². The molecule has 24 heavy (non-hydrogen) atoms. The highest BCUT2D eigenvalue weighted by molar-refractivity contribution is 7.89. The fourth-order valence-electron chi connectivity index (χ4n) is 2.67. The fraction of sp³-hybridized carbons (Fsp3) is 0.625. The minimum atomic E-state index is -3.23. The van der Waals surface area contributed by atoms with E-state index in [1.807, 2.05) is 6.92 Å². The Morgan fingerprint density at radius 2 is 2.08 bits per heavy atom. The normalized spacial score (nSPS) is 16.7. The van der Waals surface area contributed by atoms with Crippen molar-refractivity contribution in [1.29, 1.82) is 0 Å². The smallest absolute Gasteiger partial charge is 0.254 e. The fourth-order valence-corrected chi connectivity index (χ4v) is 4.35. The average molecular weight is 355 g/mol. The Kier molecular flexibility index (Phi) is 6.56. The van der Waals surface area contributed by atoms with Crippen molar-refractivity contribution in [2.45, 2.75) is 26.2 Å². The molecular weight excluding hydrogens is 330 g/mol. The van der Waals surface area contributed by atoms with Crippen LogP contribution in [0.15, 0.2) is 18.3 Å². The van der Waals surface area contributed by atoms with Crippen LogP contribution in [0.4, 0.5) is 0 Å². The van der Waals surface area contributed by atoms with Gasteiger partial charge in [-0.15, -0.1) is 0 Å². The molecule has 1 aliphatic rings. The maximum atomic E-state index is 12.6. The van der Waals surface area contributed by atoms with E-state index in [0.29, 0.717) is 50.5 Å². The number of rotatable bonds is 6. The second kappa shape index (κ2) is 8.43. The van der Waals surface area contributed by atoms with Crippen molar-refractivity contribution in [2.75, 3.05) is 39.0 Å². The Balaban J connectivity index is 2.03.